The molecule has 1 aliphatic heterocycles. The lowest BCUT2D eigenvalue weighted by atomic mass is 10.2. The maximum atomic E-state index is 13.8. The van der Waals surface area contributed by atoms with Gasteiger partial charge in [0.15, 0.2) is 5.82 Å². The maximum absolute atomic E-state index is 13.8. The highest BCUT2D eigenvalue weighted by atomic mass is 32.1. The van der Waals surface area contributed by atoms with E-state index in [1.165, 1.54) is 37.7 Å². The first-order valence-corrected chi connectivity index (χ1v) is 9.90. The topological polar surface area (TPSA) is 79.8 Å². The summed E-state index contributed by atoms with van der Waals surface area (Å²) >= 11 is 1.44. The lowest BCUT2D eigenvalue weighted by Crippen LogP contribution is -2.50. The third kappa shape index (κ3) is 4.02. The van der Waals surface area contributed by atoms with Crippen molar-refractivity contribution in [3.8, 4) is 11.6 Å². The van der Waals surface area contributed by atoms with Crippen LogP contribution in [0.5, 0.6) is 11.6 Å². The molecule has 1 aromatic carbocycles. The van der Waals surface area contributed by atoms with Crippen molar-refractivity contribution >= 4 is 39.2 Å². The number of fused-ring (bicyclic) bond motifs is 1. The number of nitrogens with zero attached hydrogens (tertiary/aromatic N) is 4. The van der Waals surface area contributed by atoms with Crippen molar-refractivity contribution in [3.63, 3.8) is 0 Å². The third-order valence-corrected chi connectivity index (χ3v) is 5.50. The molecular formula is C19H20FN5O3S. The van der Waals surface area contributed by atoms with Gasteiger partial charge in [0.05, 0.1) is 14.2 Å². The molecule has 0 radical (unpaired) electrons. The minimum absolute atomic E-state index is 0.273. The smallest absolute Gasteiger partial charge is 0.323 e. The van der Waals surface area contributed by atoms with Crippen LogP contribution in [-0.2, 0) is 0 Å². The van der Waals surface area contributed by atoms with Gasteiger partial charge in [-0.25, -0.2) is 19.2 Å². The van der Waals surface area contributed by atoms with Gasteiger partial charge in [-0.05, 0) is 17.5 Å². The number of piperazine rings is 1. The molecule has 10 heteroatoms. The van der Waals surface area contributed by atoms with E-state index in [4.69, 9.17) is 9.47 Å². The van der Waals surface area contributed by atoms with Gasteiger partial charge in [-0.2, -0.15) is 0 Å². The van der Waals surface area contributed by atoms with E-state index in [-0.39, 0.29) is 17.7 Å². The molecule has 1 saturated heterocycles. The van der Waals surface area contributed by atoms with Gasteiger partial charge in [0.1, 0.15) is 21.9 Å². The van der Waals surface area contributed by atoms with Crippen LogP contribution in [-0.4, -0.2) is 61.3 Å². The van der Waals surface area contributed by atoms with Gasteiger partial charge < -0.3 is 19.3 Å². The predicted octanol–water partition coefficient (Wildman–Crippen LogP) is 3.20. The second kappa shape index (κ2) is 8.08. The molecular weight excluding hydrogens is 397 g/mol. The number of ether oxygens (including phenoxy) is 2. The number of rotatable bonds is 4. The standard InChI is InChI=1S/C19H20FN5O3S/c1-27-14-10-12(20)9-13(11-14)24-4-6-25(7-5-24)19(26)23-16-17(28-2)21-15-3-8-29-18(15)22-16/h3,8-11H,4-7H2,1-2H3,(H,22,23,26). The second-order valence-electron chi connectivity index (χ2n) is 6.45. The number of hydrogen-bond acceptors (Lipinski definition) is 7. The SMILES string of the molecule is COc1cc(F)cc(N2CCN(C(=O)Nc3nc4sccc4nc3OC)CC2)c1. The van der Waals surface area contributed by atoms with Crippen LogP contribution in [0.25, 0.3) is 10.3 Å². The molecule has 1 aliphatic rings. The summed E-state index contributed by atoms with van der Waals surface area (Å²) in [6.07, 6.45) is 0. The lowest BCUT2D eigenvalue weighted by Gasteiger charge is -2.36. The van der Waals surface area contributed by atoms with Crippen molar-refractivity contribution in [2.24, 2.45) is 0 Å². The van der Waals surface area contributed by atoms with E-state index >= 15 is 0 Å². The third-order valence-electron chi connectivity index (χ3n) is 4.71. The first kappa shape index (κ1) is 19.2. The highest BCUT2D eigenvalue weighted by molar-refractivity contribution is 7.16. The number of amides is 2. The van der Waals surface area contributed by atoms with E-state index in [1.807, 2.05) is 16.3 Å². The van der Waals surface area contributed by atoms with Crippen LogP contribution >= 0.6 is 11.3 Å². The maximum Gasteiger partial charge on any atom is 0.323 e. The molecule has 2 aromatic heterocycles. The number of benzene rings is 1. The summed E-state index contributed by atoms with van der Waals surface area (Å²) in [6.45, 7) is 2.13. The van der Waals surface area contributed by atoms with Gasteiger partial charge in [0, 0.05) is 44.0 Å². The Kier molecular flexibility index (Phi) is 5.34. The van der Waals surface area contributed by atoms with E-state index in [1.54, 1.807) is 11.0 Å². The van der Waals surface area contributed by atoms with Crippen LogP contribution in [0.4, 0.5) is 20.7 Å². The minimum Gasteiger partial charge on any atom is -0.497 e. The molecule has 0 unspecified atom stereocenters. The zero-order chi connectivity index (χ0) is 20.4. The summed E-state index contributed by atoms with van der Waals surface area (Å²) < 4.78 is 24.2. The molecule has 29 heavy (non-hydrogen) atoms. The molecule has 3 aromatic rings. The molecule has 4 rings (SSSR count). The number of carbonyl (C=O) groups excluding carboxylic acids is 1. The molecule has 152 valence electrons. The van der Waals surface area contributed by atoms with Crippen molar-refractivity contribution in [3.05, 3.63) is 35.5 Å². The van der Waals surface area contributed by atoms with Crippen molar-refractivity contribution in [2.45, 2.75) is 0 Å². The van der Waals surface area contributed by atoms with Crippen LogP contribution < -0.4 is 19.7 Å². The molecule has 0 bridgehead atoms. The van der Waals surface area contributed by atoms with E-state index < -0.39 is 0 Å². The Labute approximate surface area is 170 Å². The Morgan fingerprint density at radius 1 is 1.14 bits per heavy atom. The Morgan fingerprint density at radius 3 is 2.66 bits per heavy atom. The van der Waals surface area contributed by atoms with Crippen LogP contribution in [0.15, 0.2) is 29.6 Å². The van der Waals surface area contributed by atoms with Crippen LogP contribution in [0.3, 0.4) is 0 Å². The number of urea groups is 1. The molecule has 2 amide bonds. The Balaban J connectivity index is 1.42. The summed E-state index contributed by atoms with van der Waals surface area (Å²) in [7, 11) is 3.00. The molecule has 0 atom stereocenters. The lowest BCUT2D eigenvalue weighted by molar-refractivity contribution is 0.208. The number of nitrogens with one attached hydrogen (secondary N) is 1. The van der Waals surface area contributed by atoms with E-state index in [2.05, 4.69) is 15.3 Å². The van der Waals surface area contributed by atoms with Crippen molar-refractivity contribution in [1.29, 1.82) is 0 Å². The van der Waals surface area contributed by atoms with Crippen LogP contribution in [0.2, 0.25) is 0 Å². The van der Waals surface area contributed by atoms with Gasteiger partial charge in [0.2, 0.25) is 0 Å². The fraction of sp³-hybridized carbons (Fsp3) is 0.316. The van der Waals surface area contributed by atoms with Crippen molar-refractivity contribution < 1.29 is 18.7 Å². The number of halogens is 1. The number of methoxy groups -OCH3 is 2. The number of hydrogen-bond donors (Lipinski definition) is 1. The molecule has 8 nitrogen and oxygen atoms in total. The second-order valence-corrected chi connectivity index (χ2v) is 7.34. The number of carbonyl (C=O) groups is 1. The fourth-order valence-corrected chi connectivity index (χ4v) is 3.90. The molecule has 0 aliphatic carbocycles. The Hall–Kier alpha value is -3.14. The zero-order valence-electron chi connectivity index (χ0n) is 16.0. The summed E-state index contributed by atoms with van der Waals surface area (Å²) in [4.78, 5) is 25.9. The molecule has 3 heterocycles. The molecule has 1 fully saturated rings. The van der Waals surface area contributed by atoms with E-state index in [0.717, 1.165) is 16.0 Å². The van der Waals surface area contributed by atoms with Gasteiger partial charge in [0.25, 0.3) is 5.88 Å². The van der Waals surface area contributed by atoms with E-state index in [9.17, 15) is 9.18 Å². The number of anilines is 2. The molecule has 1 N–H and O–H groups in total. The average Bonchev–Trinajstić information content (AvgIpc) is 3.20. The highest BCUT2D eigenvalue weighted by Gasteiger charge is 2.24. The zero-order valence-corrected chi connectivity index (χ0v) is 16.8. The fourth-order valence-electron chi connectivity index (χ4n) is 3.20. The largest absolute Gasteiger partial charge is 0.497 e. The summed E-state index contributed by atoms with van der Waals surface area (Å²) in [5.41, 5.74) is 1.46. The average molecular weight is 417 g/mol. The predicted molar refractivity (Wildman–Crippen MR) is 110 cm³/mol. The van der Waals surface area contributed by atoms with Crippen LogP contribution in [0, 0.1) is 5.82 Å². The number of thiophene rings is 1. The minimum atomic E-state index is -0.353. The van der Waals surface area contributed by atoms with Crippen molar-refractivity contribution in [2.75, 3.05) is 50.6 Å². The molecule has 0 saturated carbocycles. The van der Waals surface area contributed by atoms with E-state index in [0.29, 0.717) is 37.7 Å². The monoisotopic (exact) mass is 417 g/mol. The van der Waals surface area contributed by atoms with Gasteiger partial charge >= 0.3 is 6.03 Å². The van der Waals surface area contributed by atoms with Gasteiger partial charge in [-0.15, -0.1) is 11.3 Å². The normalized spacial score (nSPS) is 14.2. The van der Waals surface area contributed by atoms with Gasteiger partial charge in [-0.1, -0.05) is 0 Å². The van der Waals surface area contributed by atoms with Crippen molar-refractivity contribution in [1.82, 2.24) is 14.9 Å². The van der Waals surface area contributed by atoms with Gasteiger partial charge in [-0.3, -0.25) is 5.32 Å². The Bertz CT molecular complexity index is 1040. The summed E-state index contributed by atoms with van der Waals surface area (Å²) in [5.74, 6) is 0.684. The van der Waals surface area contributed by atoms with Crippen LogP contribution in [0.1, 0.15) is 0 Å². The first-order valence-electron chi connectivity index (χ1n) is 9.02. The summed E-state index contributed by atoms with van der Waals surface area (Å²) in [6, 6.07) is 6.17. The Morgan fingerprint density at radius 2 is 1.93 bits per heavy atom. The molecule has 0 spiro atoms. The number of aromatic nitrogens is 2. The summed E-state index contributed by atoms with van der Waals surface area (Å²) in [5, 5.41) is 4.68. The highest BCUT2D eigenvalue weighted by Crippen LogP contribution is 2.27. The quantitative estimate of drug-likeness (QED) is 0.702. The first-order chi connectivity index (χ1) is 14.1.